The van der Waals surface area contributed by atoms with Crippen molar-refractivity contribution >= 4 is 54.1 Å². The van der Waals surface area contributed by atoms with Gasteiger partial charge in [0.2, 0.25) is 10.0 Å². The van der Waals surface area contributed by atoms with E-state index in [9.17, 15) is 13.2 Å². The lowest BCUT2D eigenvalue weighted by molar-refractivity contribution is 0.262. The fraction of sp³-hybridized carbons (Fsp3) is 0.176. The van der Waals surface area contributed by atoms with E-state index in [1.807, 2.05) is 32.0 Å². The van der Waals surface area contributed by atoms with Gasteiger partial charge >= 0.3 is 6.03 Å². The maximum absolute atomic E-state index is 12.2. The molecular formula is C17H18N4O3S2. The zero-order valence-corrected chi connectivity index (χ0v) is 16.1. The molecule has 1 heterocycles. The molecule has 9 heteroatoms. The molecule has 2 amide bonds. The molecule has 0 spiro atoms. The van der Waals surface area contributed by atoms with Crippen molar-refractivity contribution in [2.45, 2.75) is 13.8 Å². The van der Waals surface area contributed by atoms with E-state index in [-0.39, 0.29) is 6.03 Å². The third kappa shape index (κ3) is 4.50. The highest BCUT2D eigenvalue weighted by Crippen LogP contribution is 2.29. The molecular weight excluding hydrogens is 372 g/mol. The Kier molecular flexibility index (Phi) is 4.84. The number of urea groups is 1. The van der Waals surface area contributed by atoms with Gasteiger partial charge in [-0.05, 0) is 43.7 Å². The van der Waals surface area contributed by atoms with Crippen molar-refractivity contribution < 1.29 is 13.2 Å². The van der Waals surface area contributed by atoms with Gasteiger partial charge in [-0.25, -0.2) is 18.2 Å². The molecule has 0 aliphatic heterocycles. The molecule has 0 aliphatic rings. The number of thiazole rings is 1. The molecule has 7 nitrogen and oxygen atoms in total. The summed E-state index contributed by atoms with van der Waals surface area (Å²) in [6.45, 7) is 3.93. The second-order valence-electron chi connectivity index (χ2n) is 5.97. The quantitative estimate of drug-likeness (QED) is 0.628. The van der Waals surface area contributed by atoms with E-state index in [1.54, 1.807) is 18.2 Å². The van der Waals surface area contributed by atoms with Gasteiger partial charge < -0.3 is 10.6 Å². The van der Waals surface area contributed by atoms with Gasteiger partial charge in [-0.15, -0.1) is 0 Å². The second kappa shape index (κ2) is 6.93. The summed E-state index contributed by atoms with van der Waals surface area (Å²) in [5.74, 6) is 0. The summed E-state index contributed by atoms with van der Waals surface area (Å²) in [7, 11) is -3.38. The van der Waals surface area contributed by atoms with Gasteiger partial charge in [-0.1, -0.05) is 29.0 Å². The highest BCUT2D eigenvalue weighted by molar-refractivity contribution is 7.92. The Morgan fingerprint density at radius 2 is 1.85 bits per heavy atom. The van der Waals surface area contributed by atoms with Gasteiger partial charge in [-0.2, -0.15) is 0 Å². The molecule has 3 rings (SSSR count). The van der Waals surface area contributed by atoms with Crippen LogP contribution in [0.3, 0.4) is 0 Å². The van der Waals surface area contributed by atoms with Crippen LogP contribution in [-0.2, 0) is 10.0 Å². The summed E-state index contributed by atoms with van der Waals surface area (Å²) in [5, 5.41) is 5.88. The first-order valence-corrected chi connectivity index (χ1v) is 10.4. The Morgan fingerprint density at radius 1 is 1.08 bits per heavy atom. The molecule has 3 N–H and O–H groups in total. The molecule has 136 valence electrons. The van der Waals surface area contributed by atoms with Gasteiger partial charge in [0.05, 0.1) is 16.5 Å². The molecule has 0 aliphatic carbocycles. The number of rotatable bonds is 4. The first-order valence-electron chi connectivity index (χ1n) is 7.73. The van der Waals surface area contributed by atoms with Crippen LogP contribution in [0.15, 0.2) is 36.4 Å². The summed E-state index contributed by atoms with van der Waals surface area (Å²) in [4.78, 5) is 16.4. The minimum absolute atomic E-state index is 0.291. The highest BCUT2D eigenvalue weighted by Gasteiger charge is 2.10. The van der Waals surface area contributed by atoms with Crippen LogP contribution in [0.5, 0.6) is 0 Å². The average molecular weight is 390 g/mol. The van der Waals surface area contributed by atoms with Gasteiger partial charge in [0.1, 0.15) is 0 Å². The summed E-state index contributed by atoms with van der Waals surface area (Å²) >= 11 is 1.20. The summed E-state index contributed by atoms with van der Waals surface area (Å²) < 4.78 is 25.7. The number of benzene rings is 2. The van der Waals surface area contributed by atoms with Crippen LogP contribution in [0.25, 0.3) is 10.2 Å². The molecule has 0 bridgehead atoms. The van der Waals surface area contributed by atoms with E-state index >= 15 is 0 Å². The number of fused-ring (bicyclic) bond motifs is 1. The number of aryl methyl sites for hydroxylation is 2. The third-order valence-electron chi connectivity index (χ3n) is 3.55. The molecule has 1 aromatic heterocycles. The van der Waals surface area contributed by atoms with E-state index in [0.717, 1.165) is 27.8 Å². The monoisotopic (exact) mass is 390 g/mol. The molecule has 26 heavy (non-hydrogen) atoms. The largest absolute Gasteiger partial charge is 0.323 e. The number of nitrogens with one attached hydrogen (secondary N) is 3. The van der Waals surface area contributed by atoms with E-state index < -0.39 is 10.0 Å². The average Bonchev–Trinajstić information content (AvgIpc) is 2.89. The number of nitrogens with zero attached hydrogens (tertiary/aromatic N) is 1. The van der Waals surface area contributed by atoms with Crippen molar-refractivity contribution in [1.29, 1.82) is 0 Å². The third-order valence-corrected chi connectivity index (χ3v) is 5.18. The smallest absolute Gasteiger partial charge is 0.308 e. The number of carbonyl (C=O) groups excluding carboxylic acids is 1. The van der Waals surface area contributed by atoms with Gasteiger partial charge in [0.15, 0.2) is 5.13 Å². The van der Waals surface area contributed by atoms with Crippen LogP contribution in [-0.4, -0.2) is 25.7 Å². The van der Waals surface area contributed by atoms with Crippen molar-refractivity contribution in [2.24, 2.45) is 0 Å². The number of carbonyl (C=O) groups is 1. The minimum atomic E-state index is -3.38. The van der Waals surface area contributed by atoms with Gasteiger partial charge in [-0.3, -0.25) is 4.72 Å². The second-order valence-corrected chi connectivity index (χ2v) is 8.75. The normalized spacial score (nSPS) is 11.3. The van der Waals surface area contributed by atoms with E-state index in [1.165, 1.54) is 11.3 Å². The number of hydrogen-bond acceptors (Lipinski definition) is 5. The van der Waals surface area contributed by atoms with Crippen molar-refractivity contribution in [3.8, 4) is 0 Å². The number of hydrogen-bond donors (Lipinski definition) is 3. The maximum atomic E-state index is 12.2. The van der Waals surface area contributed by atoms with E-state index in [4.69, 9.17) is 0 Å². The summed E-state index contributed by atoms with van der Waals surface area (Å²) in [6, 6.07) is 10.6. The van der Waals surface area contributed by atoms with Crippen LogP contribution in [0, 0.1) is 13.8 Å². The Bertz CT molecular complexity index is 1090. The lowest BCUT2D eigenvalue weighted by atomic mass is 10.1. The number of anilines is 3. The first-order chi connectivity index (χ1) is 12.2. The van der Waals surface area contributed by atoms with Crippen LogP contribution in [0.2, 0.25) is 0 Å². The Labute approximate surface area is 155 Å². The Morgan fingerprint density at radius 3 is 2.54 bits per heavy atom. The van der Waals surface area contributed by atoms with Crippen molar-refractivity contribution in [2.75, 3.05) is 21.6 Å². The number of sulfonamides is 1. The number of amides is 2. The minimum Gasteiger partial charge on any atom is -0.308 e. The van der Waals surface area contributed by atoms with Crippen LogP contribution in [0.4, 0.5) is 21.3 Å². The maximum Gasteiger partial charge on any atom is 0.323 e. The standard InChI is InChI=1S/C17H18N4O3S2/c1-10-4-6-13(11(2)8-10)19-16(22)18-12-5-7-14-15(9-12)25-17(20-14)21-26(3,23)24/h4-9H,1-3H3,(H,20,21)(H2,18,19,22). The van der Waals surface area contributed by atoms with Crippen LogP contribution in [0.1, 0.15) is 11.1 Å². The predicted octanol–water partition coefficient (Wildman–Crippen LogP) is 3.93. The zero-order chi connectivity index (χ0) is 18.9. The van der Waals surface area contributed by atoms with Crippen molar-refractivity contribution in [3.63, 3.8) is 0 Å². The first kappa shape index (κ1) is 18.2. The van der Waals surface area contributed by atoms with Gasteiger partial charge in [0, 0.05) is 11.4 Å². The summed E-state index contributed by atoms with van der Waals surface area (Å²) in [5.41, 5.74) is 4.10. The van der Waals surface area contributed by atoms with Crippen LogP contribution < -0.4 is 15.4 Å². The lowest BCUT2D eigenvalue weighted by Crippen LogP contribution is -2.19. The molecule has 0 radical (unpaired) electrons. The number of aromatic nitrogens is 1. The Hall–Kier alpha value is -2.65. The zero-order valence-electron chi connectivity index (χ0n) is 14.5. The predicted molar refractivity (Wildman–Crippen MR) is 107 cm³/mol. The molecule has 3 aromatic rings. The molecule has 0 saturated carbocycles. The van der Waals surface area contributed by atoms with E-state index in [0.29, 0.717) is 16.3 Å². The molecule has 0 atom stereocenters. The molecule has 0 saturated heterocycles. The highest BCUT2D eigenvalue weighted by atomic mass is 32.2. The SMILES string of the molecule is Cc1ccc(NC(=O)Nc2ccc3nc(NS(C)(=O)=O)sc3c2)c(C)c1. The van der Waals surface area contributed by atoms with E-state index in [2.05, 4.69) is 20.3 Å². The topological polar surface area (TPSA) is 100 Å². The molecule has 0 unspecified atom stereocenters. The fourth-order valence-electron chi connectivity index (χ4n) is 2.44. The lowest BCUT2D eigenvalue weighted by Gasteiger charge is -2.10. The molecule has 0 fully saturated rings. The van der Waals surface area contributed by atoms with Gasteiger partial charge in [0.25, 0.3) is 0 Å². The van der Waals surface area contributed by atoms with Crippen LogP contribution >= 0.6 is 11.3 Å². The fourth-order valence-corrected chi connectivity index (χ4v) is 4.18. The van der Waals surface area contributed by atoms with Crippen molar-refractivity contribution in [1.82, 2.24) is 4.98 Å². The molecule has 2 aromatic carbocycles. The Balaban J connectivity index is 1.74. The summed E-state index contributed by atoms with van der Waals surface area (Å²) in [6.07, 6.45) is 1.07. The van der Waals surface area contributed by atoms with Crippen molar-refractivity contribution in [3.05, 3.63) is 47.5 Å².